The number of carboxylic acids is 1. The van der Waals surface area contributed by atoms with Gasteiger partial charge in [0.15, 0.2) is 0 Å². The summed E-state index contributed by atoms with van der Waals surface area (Å²) in [4.78, 5) is 14.4. The van der Waals surface area contributed by atoms with Gasteiger partial charge in [-0.1, -0.05) is 115 Å². The molecule has 0 aliphatic heterocycles. The monoisotopic (exact) mass is 449 g/mol. The maximum Gasteiger partial charge on any atom is 0.305 e. The lowest BCUT2D eigenvalue weighted by Crippen LogP contribution is -2.32. The second-order valence-electron chi connectivity index (χ2n) is 8.77. The summed E-state index contributed by atoms with van der Waals surface area (Å²) >= 11 is 0. The van der Waals surface area contributed by atoms with Gasteiger partial charge in [0.2, 0.25) is 0 Å². The van der Waals surface area contributed by atoms with E-state index >= 15 is 0 Å². The van der Waals surface area contributed by atoms with E-state index in [2.05, 4.69) is 84.6 Å². The van der Waals surface area contributed by atoms with Gasteiger partial charge in [0.25, 0.3) is 0 Å². The summed E-state index contributed by atoms with van der Waals surface area (Å²) in [5.41, 5.74) is 5.81. The Kier molecular flexibility index (Phi) is 7.90. The average molecular weight is 450 g/mol. The molecule has 0 heterocycles. The van der Waals surface area contributed by atoms with Gasteiger partial charge in [-0.05, 0) is 41.2 Å². The van der Waals surface area contributed by atoms with Gasteiger partial charge in [0.1, 0.15) is 0 Å². The van der Waals surface area contributed by atoms with E-state index in [1.165, 1.54) is 22.3 Å². The number of hydrogen-bond acceptors (Lipinski definition) is 2. The van der Waals surface area contributed by atoms with E-state index in [1.807, 2.05) is 42.5 Å². The van der Waals surface area contributed by atoms with Gasteiger partial charge >= 0.3 is 5.97 Å². The van der Waals surface area contributed by atoms with Crippen molar-refractivity contribution in [3.8, 4) is 0 Å². The van der Waals surface area contributed by atoms with Crippen LogP contribution in [-0.2, 0) is 17.8 Å². The molecule has 0 saturated carbocycles. The van der Waals surface area contributed by atoms with Crippen LogP contribution in [0.2, 0.25) is 0 Å². The average Bonchev–Trinajstić information content (AvgIpc) is 2.87. The maximum atomic E-state index is 12.0. The molecular formula is C31H31NO2. The highest BCUT2D eigenvalue weighted by molar-refractivity contribution is 5.68. The second-order valence-corrected chi connectivity index (χ2v) is 8.77. The van der Waals surface area contributed by atoms with E-state index in [9.17, 15) is 9.90 Å². The van der Waals surface area contributed by atoms with E-state index in [-0.39, 0.29) is 18.5 Å². The van der Waals surface area contributed by atoms with Crippen molar-refractivity contribution in [2.24, 2.45) is 0 Å². The zero-order valence-electron chi connectivity index (χ0n) is 19.5. The van der Waals surface area contributed by atoms with E-state index in [1.54, 1.807) is 0 Å². The molecule has 4 aromatic carbocycles. The minimum atomic E-state index is -0.795. The van der Waals surface area contributed by atoms with Gasteiger partial charge in [-0.3, -0.25) is 9.69 Å². The van der Waals surface area contributed by atoms with Crippen molar-refractivity contribution in [3.05, 3.63) is 143 Å². The highest BCUT2D eigenvalue weighted by Crippen LogP contribution is 2.35. The van der Waals surface area contributed by atoms with Crippen molar-refractivity contribution >= 4 is 5.97 Å². The van der Waals surface area contributed by atoms with Crippen LogP contribution in [0, 0.1) is 0 Å². The van der Waals surface area contributed by atoms with Crippen LogP contribution in [-0.4, -0.2) is 16.0 Å². The van der Waals surface area contributed by atoms with E-state index in [4.69, 9.17) is 0 Å². The van der Waals surface area contributed by atoms with Crippen LogP contribution in [0.3, 0.4) is 0 Å². The SMILES string of the molecule is C[C@H](c1ccccc1)N(Cc1ccccc1)[C@@H](CC(=O)O)c1cccc(Cc2ccccc2)c1. The molecule has 2 atom stereocenters. The Hall–Kier alpha value is -3.69. The predicted octanol–water partition coefficient (Wildman–Crippen LogP) is 7.06. The Labute approximate surface area is 202 Å². The normalized spacial score (nSPS) is 12.9. The quantitative estimate of drug-likeness (QED) is 0.282. The topological polar surface area (TPSA) is 40.5 Å². The lowest BCUT2D eigenvalue weighted by molar-refractivity contribution is -0.138. The largest absolute Gasteiger partial charge is 0.481 e. The Morgan fingerprint density at radius 1 is 0.706 bits per heavy atom. The van der Waals surface area contributed by atoms with E-state index in [0.717, 1.165) is 12.0 Å². The van der Waals surface area contributed by atoms with Crippen LogP contribution in [0.15, 0.2) is 115 Å². The van der Waals surface area contributed by atoms with Crippen LogP contribution in [0.1, 0.15) is 53.2 Å². The Bertz CT molecular complexity index is 1180. The fourth-order valence-corrected chi connectivity index (χ4v) is 4.57. The molecule has 3 heteroatoms. The van der Waals surface area contributed by atoms with Crippen molar-refractivity contribution < 1.29 is 9.90 Å². The molecule has 0 radical (unpaired) electrons. The summed E-state index contributed by atoms with van der Waals surface area (Å²) < 4.78 is 0. The number of benzene rings is 4. The minimum absolute atomic E-state index is 0.0405. The zero-order chi connectivity index (χ0) is 23.8. The van der Waals surface area contributed by atoms with Gasteiger partial charge in [-0.25, -0.2) is 0 Å². The lowest BCUT2D eigenvalue weighted by Gasteiger charge is -2.37. The molecule has 0 saturated heterocycles. The van der Waals surface area contributed by atoms with Crippen LogP contribution in [0.4, 0.5) is 0 Å². The number of nitrogens with zero attached hydrogens (tertiary/aromatic N) is 1. The lowest BCUT2D eigenvalue weighted by atomic mass is 9.94. The van der Waals surface area contributed by atoms with Crippen molar-refractivity contribution in [1.29, 1.82) is 0 Å². The molecule has 0 unspecified atom stereocenters. The first-order valence-electron chi connectivity index (χ1n) is 11.8. The number of carboxylic acid groups (broad SMARTS) is 1. The van der Waals surface area contributed by atoms with Gasteiger partial charge in [0, 0.05) is 18.6 Å². The molecule has 1 N–H and O–H groups in total. The molecule has 0 aromatic heterocycles. The second kappa shape index (κ2) is 11.4. The van der Waals surface area contributed by atoms with Crippen LogP contribution < -0.4 is 0 Å². The molecule has 4 aromatic rings. The fraction of sp³-hybridized carbons (Fsp3) is 0.194. The number of carbonyl (C=O) groups is 1. The van der Waals surface area contributed by atoms with Crippen LogP contribution >= 0.6 is 0 Å². The zero-order valence-corrected chi connectivity index (χ0v) is 19.5. The molecule has 0 aliphatic carbocycles. The smallest absolute Gasteiger partial charge is 0.305 e. The molecule has 0 spiro atoms. The first-order valence-corrected chi connectivity index (χ1v) is 11.8. The molecule has 0 aliphatic rings. The van der Waals surface area contributed by atoms with Crippen LogP contribution in [0.25, 0.3) is 0 Å². The van der Waals surface area contributed by atoms with Crippen molar-refractivity contribution in [1.82, 2.24) is 4.90 Å². The minimum Gasteiger partial charge on any atom is -0.481 e. The molecule has 4 rings (SSSR count). The highest BCUT2D eigenvalue weighted by atomic mass is 16.4. The van der Waals surface area contributed by atoms with Gasteiger partial charge in [0.05, 0.1) is 6.42 Å². The number of rotatable bonds is 10. The van der Waals surface area contributed by atoms with Crippen molar-refractivity contribution in [2.45, 2.75) is 38.4 Å². The molecule has 0 fully saturated rings. The third-order valence-corrected chi connectivity index (χ3v) is 6.34. The molecular weight excluding hydrogens is 418 g/mol. The Balaban J connectivity index is 1.72. The Morgan fingerprint density at radius 3 is 1.85 bits per heavy atom. The predicted molar refractivity (Wildman–Crippen MR) is 138 cm³/mol. The summed E-state index contributed by atoms with van der Waals surface area (Å²) in [5, 5.41) is 9.89. The van der Waals surface area contributed by atoms with Gasteiger partial charge in [-0.15, -0.1) is 0 Å². The summed E-state index contributed by atoms with van der Waals surface area (Å²) in [6.07, 6.45) is 0.861. The Morgan fingerprint density at radius 2 is 1.24 bits per heavy atom. The molecule has 0 bridgehead atoms. The highest BCUT2D eigenvalue weighted by Gasteiger charge is 2.28. The molecule has 0 amide bonds. The van der Waals surface area contributed by atoms with Crippen molar-refractivity contribution in [3.63, 3.8) is 0 Å². The summed E-state index contributed by atoms with van der Waals surface area (Å²) in [5.74, 6) is -0.795. The molecule has 172 valence electrons. The summed E-state index contributed by atoms with van der Waals surface area (Å²) in [6.45, 7) is 2.83. The third-order valence-electron chi connectivity index (χ3n) is 6.34. The standard InChI is InChI=1S/C31H31NO2/c1-24(28-17-9-4-10-18-28)32(23-26-14-7-3-8-15-26)30(22-31(33)34)29-19-11-16-27(21-29)20-25-12-5-2-6-13-25/h2-19,21,24,30H,20,22-23H2,1H3,(H,33,34)/t24-,30+/m1/s1. The first kappa shape index (κ1) is 23.5. The first-order chi connectivity index (χ1) is 16.6. The maximum absolute atomic E-state index is 12.0. The molecule has 34 heavy (non-hydrogen) atoms. The van der Waals surface area contributed by atoms with Gasteiger partial charge in [-0.2, -0.15) is 0 Å². The number of hydrogen-bond donors (Lipinski definition) is 1. The fourth-order valence-electron chi connectivity index (χ4n) is 4.57. The number of aliphatic carboxylic acids is 1. The van der Waals surface area contributed by atoms with E-state index in [0.29, 0.717) is 6.54 Å². The van der Waals surface area contributed by atoms with Crippen molar-refractivity contribution in [2.75, 3.05) is 0 Å². The molecule has 3 nitrogen and oxygen atoms in total. The summed E-state index contributed by atoms with van der Waals surface area (Å²) in [6, 6.07) is 39.2. The summed E-state index contributed by atoms with van der Waals surface area (Å²) in [7, 11) is 0. The third kappa shape index (κ3) is 6.21. The van der Waals surface area contributed by atoms with Crippen LogP contribution in [0.5, 0.6) is 0 Å². The van der Waals surface area contributed by atoms with E-state index < -0.39 is 5.97 Å². The van der Waals surface area contributed by atoms with Gasteiger partial charge < -0.3 is 5.11 Å².